The number of halogens is 1. The van der Waals surface area contributed by atoms with E-state index in [0.717, 1.165) is 16.6 Å². The number of pyridine rings is 1. The van der Waals surface area contributed by atoms with E-state index in [9.17, 15) is 0 Å². The Labute approximate surface area is 114 Å². The van der Waals surface area contributed by atoms with Gasteiger partial charge in [0.15, 0.2) is 5.82 Å². The molecule has 19 heavy (non-hydrogen) atoms. The summed E-state index contributed by atoms with van der Waals surface area (Å²) in [6, 6.07) is 9.64. The number of anilines is 3. The monoisotopic (exact) mass is 271 g/mol. The summed E-state index contributed by atoms with van der Waals surface area (Å²) in [4.78, 5) is 12.2. The Balaban J connectivity index is 2.08. The van der Waals surface area contributed by atoms with Gasteiger partial charge in [-0.1, -0.05) is 6.07 Å². The number of aromatic nitrogens is 3. The van der Waals surface area contributed by atoms with Crippen LogP contribution in [0.2, 0.25) is 5.28 Å². The lowest BCUT2D eigenvalue weighted by Crippen LogP contribution is -2.01. The minimum atomic E-state index is 0.148. The van der Waals surface area contributed by atoms with Crippen molar-refractivity contribution in [2.24, 2.45) is 0 Å². The second-order valence-electron chi connectivity index (χ2n) is 3.94. The number of benzene rings is 1. The molecule has 0 aliphatic heterocycles. The third-order valence-electron chi connectivity index (χ3n) is 2.69. The zero-order chi connectivity index (χ0) is 13.2. The predicted molar refractivity (Wildman–Crippen MR) is 76.5 cm³/mol. The van der Waals surface area contributed by atoms with E-state index < -0.39 is 0 Å². The Morgan fingerprint density at radius 1 is 1.11 bits per heavy atom. The molecule has 0 aliphatic rings. The van der Waals surface area contributed by atoms with Crippen molar-refractivity contribution in [1.29, 1.82) is 0 Å². The minimum Gasteiger partial charge on any atom is -0.394 e. The SMILES string of the molecule is Nc1cnc(Cl)nc1Nc1cccc2ncccc12. The fourth-order valence-electron chi connectivity index (χ4n) is 1.81. The van der Waals surface area contributed by atoms with Crippen molar-refractivity contribution < 1.29 is 0 Å². The molecule has 0 atom stereocenters. The zero-order valence-corrected chi connectivity index (χ0v) is 10.6. The van der Waals surface area contributed by atoms with Crippen LogP contribution in [0.4, 0.5) is 17.2 Å². The van der Waals surface area contributed by atoms with Crippen LogP contribution in [0.1, 0.15) is 0 Å². The number of hydrogen-bond acceptors (Lipinski definition) is 5. The summed E-state index contributed by atoms with van der Waals surface area (Å²) in [6.45, 7) is 0. The molecular weight excluding hydrogens is 262 g/mol. The lowest BCUT2D eigenvalue weighted by molar-refractivity contribution is 1.17. The van der Waals surface area contributed by atoms with Crippen molar-refractivity contribution in [3.8, 4) is 0 Å². The lowest BCUT2D eigenvalue weighted by Gasteiger charge is -2.10. The first kappa shape index (κ1) is 11.7. The van der Waals surface area contributed by atoms with Gasteiger partial charge in [0.05, 0.1) is 17.4 Å². The molecule has 0 amide bonds. The first-order valence-electron chi connectivity index (χ1n) is 5.63. The molecule has 2 aromatic heterocycles. The van der Waals surface area contributed by atoms with E-state index in [0.29, 0.717) is 11.5 Å². The average Bonchev–Trinajstić information content (AvgIpc) is 2.43. The summed E-state index contributed by atoms with van der Waals surface area (Å²) in [5, 5.41) is 4.29. The number of hydrogen-bond donors (Lipinski definition) is 2. The molecule has 1 aromatic carbocycles. The van der Waals surface area contributed by atoms with E-state index in [-0.39, 0.29) is 5.28 Å². The van der Waals surface area contributed by atoms with Crippen LogP contribution in [0.5, 0.6) is 0 Å². The van der Waals surface area contributed by atoms with Crippen LogP contribution < -0.4 is 11.1 Å². The summed E-state index contributed by atoms with van der Waals surface area (Å²) < 4.78 is 0. The highest BCUT2D eigenvalue weighted by Gasteiger charge is 2.06. The lowest BCUT2D eigenvalue weighted by atomic mass is 10.2. The van der Waals surface area contributed by atoms with Gasteiger partial charge in [-0.3, -0.25) is 4.98 Å². The highest BCUT2D eigenvalue weighted by atomic mass is 35.5. The molecule has 0 saturated heterocycles. The molecule has 0 unspecified atom stereocenters. The second-order valence-corrected chi connectivity index (χ2v) is 4.28. The van der Waals surface area contributed by atoms with Crippen LogP contribution in [0, 0.1) is 0 Å². The Morgan fingerprint density at radius 3 is 2.89 bits per heavy atom. The van der Waals surface area contributed by atoms with Gasteiger partial charge in [0.2, 0.25) is 5.28 Å². The number of fused-ring (bicyclic) bond motifs is 1. The van der Waals surface area contributed by atoms with Crippen molar-refractivity contribution in [1.82, 2.24) is 15.0 Å². The second kappa shape index (κ2) is 4.70. The smallest absolute Gasteiger partial charge is 0.224 e. The molecule has 3 rings (SSSR count). The van der Waals surface area contributed by atoms with Crippen molar-refractivity contribution in [3.05, 3.63) is 48.0 Å². The topological polar surface area (TPSA) is 76.7 Å². The minimum absolute atomic E-state index is 0.148. The fourth-order valence-corrected chi connectivity index (χ4v) is 1.94. The molecule has 0 bridgehead atoms. The molecule has 0 radical (unpaired) electrons. The van der Waals surface area contributed by atoms with Crippen molar-refractivity contribution in [2.45, 2.75) is 0 Å². The highest BCUT2D eigenvalue weighted by molar-refractivity contribution is 6.28. The van der Waals surface area contributed by atoms with Crippen LogP contribution in [0.25, 0.3) is 10.9 Å². The van der Waals surface area contributed by atoms with Crippen LogP contribution in [-0.4, -0.2) is 15.0 Å². The fraction of sp³-hybridized carbons (Fsp3) is 0. The van der Waals surface area contributed by atoms with E-state index in [2.05, 4.69) is 20.3 Å². The predicted octanol–water partition coefficient (Wildman–Crippen LogP) is 3.00. The Bertz CT molecular complexity index is 739. The molecular formula is C13H10ClN5. The van der Waals surface area contributed by atoms with Gasteiger partial charge < -0.3 is 11.1 Å². The molecule has 94 valence electrons. The van der Waals surface area contributed by atoms with Crippen LogP contribution >= 0.6 is 11.6 Å². The van der Waals surface area contributed by atoms with Crippen LogP contribution in [-0.2, 0) is 0 Å². The largest absolute Gasteiger partial charge is 0.394 e. The Kier molecular flexibility index (Phi) is 2.89. The summed E-state index contributed by atoms with van der Waals surface area (Å²) in [6.07, 6.45) is 3.23. The number of nitrogens with one attached hydrogen (secondary N) is 1. The van der Waals surface area contributed by atoms with Gasteiger partial charge in [-0.15, -0.1) is 0 Å². The third-order valence-corrected chi connectivity index (χ3v) is 2.87. The molecule has 0 aliphatic carbocycles. The maximum Gasteiger partial charge on any atom is 0.224 e. The average molecular weight is 272 g/mol. The van der Waals surface area contributed by atoms with Gasteiger partial charge in [-0.2, -0.15) is 4.98 Å². The van der Waals surface area contributed by atoms with Gasteiger partial charge in [-0.05, 0) is 35.9 Å². The third kappa shape index (κ3) is 2.28. The number of rotatable bonds is 2. The van der Waals surface area contributed by atoms with Crippen LogP contribution in [0.15, 0.2) is 42.7 Å². The van der Waals surface area contributed by atoms with Gasteiger partial charge >= 0.3 is 0 Å². The maximum atomic E-state index is 5.82. The standard InChI is InChI=1S/C13H10ClN5/c14-13-17-7-9(15)12(19-13)18-11-5-1-4-10-8(11)3-2-6-16-10/h1-7H,15H2,(H,17,18,19). The van der Waals surface area contributed by atoms with Crippen molar-refractivity contribution >= 4 is 39.7 Å². The summed E-state index contributed by atoms with van der Waals surface area (Å²) >= 11 is 5.77. The van der Waals surface area contributed by atoms with E-state index in [4.69, 9.17) is 17.3 Å². The van der Waals surface area contributed by atoms with E-state index >= 15 is 0 Å². The highest BCUT2D eigenvalue weighted by Crippen LogP contribution is 2.27. The van der Waals surface area contributed by atoms with E-state index in [1.807, 2.05) is 30.3 Å². The normalized spacial score (nSPS) is 10.6. The first-order valence-corrected chi connectivity index (χ1v) is 6.00. The summed E-state index contributed by atoms with van der Waals surface area (Å²) in [7, 11) is 0. The van der Waals surface area contributed by atoms with E-state index in [1.54, 1.807) is 6.20 Å². The van der Waals surface area contributed by atoms with Gasteiger partial charge in [0.1, 0.15) is 0 Å². The Morgan fingerprint density at radius 2 is 2.00 bits per heavy atom. The maximum absolute atomic E-state index is 5.82. The summed E-state index contributed by atoms with van der Waals surface area (Å²) in [5.41, 5.74) is 8.02. The van der Waals surface area contributed by atoms with E-state index in [1.165, 1.54) is 6.20 Å². The zero-order valence-electron chi connectivity index (χ0n) is 9.84. The molecule has 2 heterocycles. The molecule has 6 heteroatoms. The van der Waals surface area contributed by atoms with Crippen molar-refractivity contribution in [2.75, 3.05) is 11.1 Å². The number of nitrogens with zero attached hydrogens (tertiary/aromatic N) is 3. The van der Waals surface area contributed by atoms with Gasteiger partial charge in [0, 0.05) is 17.3 Å². The summed E-state index contributed by atoms with van der Waals surface area (Å²) in [5.74, 6) is 0.483. The van der Waals surface area contributed by atoms with Gasteiger partial charge in [0.25, 0.3) is 0 Å². The molecule has 0 fully saturated rings. The van der Waals surface area contributed by atoms with Gasteiger partial charge in [-0.25, -0.2) is 4.98 Å². The molecule has 5 nitrogen and oxygen atoms in total. The number of nitrogens with two attached hydrogens (primary N) is 1. The van der Waals surface area contributed by atoms with Crippen LogP contribution in [0.3, 0.4) is 0 Å². The molecule has 3 N–H and O–H groups in total. The molecule has 3 aromatic rings. The first-order chi connectivity index (χ1) is 9.24. The Hall–Kier alpha value is -2.40. The number of nitrogen functional groups attached to an aromatic ring is 1. The van der Waals surface area contributed by atoms with Crippen molar-refractivity contribution in [3.63, 3.8) is 0 Å². The molecule has 0 saturated carbocycles. The molecule has 0 spiro atoms. The quantitative estimate of drug-likeness (QED) is 0.701.